The molecular weight excluding hydrogens is 329 g/mol. The lowest BCUT2D eigenvalue weighted by atomic mass is 10.1. The van der Waals surface area contributed by atoms with Gasteiger partial charge in [-0.1, -0.05) is 12.1 Å². The van der Waals surface area contributed by atoms with E-state index < -0.39 is 0 Å². The summed E-state index contributed by atoms with van der Waals surface area (Å²) >= 11 is 0. The summed E-state index contributed by atoms with van der Waals surface area (Å²) in [5.74, 6) is 1.14. The molecule has 1 aromatic carbocycles. The van der Waals surface area contributed by atoms with E-state index in [0.717, 1.165) is 37.6 Å². The molecule has 0 atom stereocenters. The van der Waals surface area contributed by atoms with Crippen LogP contribution in [0, 0.1) is 5.82 Å². The van der Waals surface area contributed by atoms with Gasteiger partial charge in [-0.05, 0) is 31.3 Å². The summed E-state index contributed by atoms with van der Waals surface area (Å²) in [5, 5.41) is 0. The second-order valence-electron chi connectivity index (χ2n) is 6.44. The van der Waals surface area contributed by atoms with Crippen LogP contribution in [0.1, 0.15) is 0 Å². The van der Waals surface area contributed by atoms with Crippen molar-refractivity contribution in [2.75, 3.05) is 38.1 Å². The number of hydrogen-bond acceptors (Lipinski definition) is 5. The van der Waals surface area contributed by atoms with Gasteiger partial charge >= 0.3 is 0 Å². The van der Waals surface area contributed by atoms with E-state index in [1.807, 2.05) is 24.3 Å². The lowest BCUT2D eigenvalue weighted by Crippen LogP contribution is -2.44. The highest BCUT2D eigenvalue weighted by atomic mass is 19.1. The third-order valence-electron chi connectivity index (χ3n) is 4.63. The molecule has 4 rings (SSSR count). The van der Waals surface area contributed by atoms with Gasteiger partial charge in [0.2, 0.25) is 0 Å². The summed E-state index contributed by atoms with van der Waals surface area (Å²) in [6, 6.07) is 12.3. The molecule has 0 aliphatic carbocycles. The van der Waals surface area contributed by atoms with E-state index in [9.17, 15) is 4.39 Å². The maximum Gasteiger partial charge on any atom is 0.162 e. The average molecular weight is 349 g/mol. The summed E-state index contributed by atoms with van der Waals surface area (Å²) < 4.78 is 14.3. The first-order valence-corrected chi connectivity index (χ1v) is 8.68. The fraction of sp³-hybridized carbons (Fsp3) is 0.250. The van der Waals surface area contributed by atoms with Crippen LogP contribution >= 0.6 is 0 Å². The van der Waals surface area contributed by atoms with Crippen molar-refractivity contribution in [1.82, 2.24) is 19.9 Å². The Kier molecular flexibility index (Phi) is 4.58. The molecule has 3 aromatic rings. The number of aromatic nitrogens is 3. The monoisotopic (exact) mass is 349 g/mol. The Morgan fingerprint density at radius 3 is 2.38 bits per heavy atom. The van der Waals surface area contributed by atoms with Gasteiger partial charge < -0.3 is 9.80 Å². The zero-order valence-electron chi connectivity index (χ0n) is 14.6. The highest BCUT2D eigenvalue weighted by Gasteiger charge is 2.19. The molecule has 0 saturated carbocycles. The largest absolute Gasteiger partial charge is 0.354 e. The fourth-order valence-corrected chi connectivity index (χ4v) is 3.07. The molecule has 0 amide bonds. The molecule has 1 aliphatic heterocycles. The smallest absolute Gasteiger partial charge is 0.162 e. The Balaban J connectivity index is 1.81. The molecule has 0 radical (unpaired) electrons. The number of benzene rings is 1. The molecule has 0 N–H and O–H groups in total. The van der Waals surface area contributed by atoms with Crippen LogP contribution < -0.4 is 4.90 Å². The average Bonchev–Trinajstić information content (AvgIpc) is 2.69. The molecule has 1 fully saturated rings. The van der Waals surface area contributed by atoms with Crippen LogP contribution in [0.25, 0.3) is 22.6 Å². The number of hydrogen-bond donors (Lipinski definition) is 0. The lowest BCUT2D eigenvalue weighted by molar-refractivity contribution is 0.312. The highest BCUT2D eigenvalue weighted by Crippen LogP contribution is 2.28. The summed E-state index contributed by atoms with van der Waals surface area (Å²) in [5.41, 5.74) is 1.95. The van der Waals surface area contributed by atoms with Gasteiger partial charge in [0, 0.05) is 55.8 Å². The first-order valence-electron chi connectivity index (χ1n) is 8.68. The first-order chi connectivity index (χ1) is 12.7. The van der Waals surface area contributed by atoms with Crippen LogP contribution in [0.4, 0.5) is 10.2 Å². The van der Waals surface area contributed by atoms with Crippen LogP contribution in [0.2, 0.25) is 0 Å². The van der Waals surface area contributed by atoms with E-state index in [-0.39, 0.29) is 5.82 Å². The Morgan fingerprint density at radius 2 is 1.65 bits per heavy atom. The first kappa shape index (κ1) is 16.6. The highest BCUT2D eigenvalue weighted by molar-refractivity contribution is 5.68. The van der Waals surface area contributed by atoms with E-state index in [4.69, 9.17) is 4.98 Å². The Hall–Kier alpha value is -2.86. The standard InChI is InChI=1S/C20H20FN5/c1-25-10-12-26(13-11-25)19-14-18(16-4-2-3-5-17(16)21)23-20(24-19)15-6-8-22-9-7-15/h2-9,14H,10-13H2,1H3. The lowest BCUT2D eigenvalue weighted by Gasteiger charge is -2.33. The van der Waals surface area contributed by atoms with Crippen molar-refractivity contribution >= 4 is 5.82 Å². The Bertz CT molecular complexity index is 892. The van der Waals surface area contributed by atoms with Crippen LogP contribution in [-0.4, -0.2) is 53.1 Å². The molecule has 1 saturated heterocycles. The summed E-state index contributed by atoms with van der Waals surface area (Å²) in [6.07, 6.45) is 3.42. The van der Waals surface area contributed by atoms with Gasteiger partial charge in [-0.15, -0.1) is 0 Å². The number of anilines is 1. The molecule has 0 bridgehead atoms. The van der Waals surface area contributed by atoms with Crippen LogP contribution in [0.3, 0.4) is 0 Å². The number of nitrogens with zero attached hydrogens (tertiary/aromatic N) is 5. The molecule has 6 heteroatoms. The van der Waals surface area contributed by atoms with Gasteiger partial charge in [0.1, 0.15) is 11.6 Å². The fourth-order valence-electron chi connectivity index (χ4n) is 3.07. The topological polar surface area (TPSA) is 45.2 Å². The quantitative estimate of drug-likeness (QED) is 0.727. The molecule has 26 heavy (non-hydrogen) atoms. The van der Waals surface area contributed by atoms with Crippen molar-refractivity contribution in [3.8, 4) is 22.6 Å². The maximum atomic E-state index is 14.3. The van der Waals surface area contributed by atoms with Crippen LogP contribution in [0.5, 0.6) is 0 Å². The minimum absolute atomic E-state index is 0.281. The second-order valence-corrected chi connectivity index (χ2v) is 6.44. The molecule has 3 heterocycles. The number of halogens is 1. The van der Waals surface area contributed by atoms with Gasteiger partial charge in [0.25, 0.3) is 0 Å². The number of piperazine rings is 1. The van der Waals surface area contributed by atoms with E-state index in [1.165, 1.54) is 6.07 Å². The molecule has 0 unspecified atom stereocenters. The van der Waals surface area contributed by atoms with Gasteiger partial charge in [0.05, 0.1) is 5.69 Å². The predicted molar refractivity (Wildman–Crippen MR) is 100 cm³/mol. The Labute approximate surface area is 152 Å². The third-order valence-corrected chi connectivity index (χ3v) is 4.63. The minimum atomic E-state index is -0.281. The van der Waals surface area contributed by atoms with Crippen molar-refractivity contribution in [3.63, 3.8) is 0 Å². The molecule has 132 valence electrons. The normalized spacial score (nSPS) is 15.2. The maximum absolute atomic E-state index is 14.3. The summed E-state index contributed by atoms with van der Waals surface area (Å²) in [7, 11) is 2.12. The molecule has 2 aromatic heterocycles. The van der Waals surface area contributed by atoms with Gasteiger partial charge in [-0.3, -0.25) is 4.98 Å². The van der Waals surface area contributed by atoms with Crippen LogP contribution in [0.15, 0.2) is 54.9 Å². The summed E-state index contributed by atoms with van der Waals surface area (Å²) in [4.78, 5) is 18.0. The van der Waals surface area contributed by atoms with Crippen molar-refractivity contribution in [3.05, 3.63) is 60.7 Å². The van der Waals surface area contributed by atoms with Crippen molar-refractivity contribution in [1.29, 1.82) is 0 Å². The van der Waals surface area contributed by atoms with Crippen molar-refractivity contribution in [2.45, 2.75) is 0 Å². The van der Waals surface area contributed by atoms with Gasteiger partial charge in [0.15, 0.2) is 5.82 Å². The zero-order valence-corrected chi connectivity index (χ0v) is 14.6. The molecule has 5 nitrogen and oxygen atoms in total. The van der Waals surface area contributed by atoms with Crippen molar-refractivity contribution < 1.29 is 4.39 Å². The number of pyridine rings is 1. The number of likely N-dealkylation sites (N-methyl/N-ethyl adjacent to an activating group) is 1. The van der Waals surface area contributed by atoms with Gasteiger partial charge in [-0.2, -0.15) is 0 Å². The van der Waals surface area contributed by atoms with Crippen LogP contribution in [-0.2, 0) is 0 Å². The predicted octanol–water partition coefficient (Wildman–Crippen LogP) is 3.10. The van der Waals surface area contributed by atoms with Crippen molar-refractivity contribution in [2.24, 2.45) is 0 Å². The molecule has 0 spiro atoms. The summed E-state index contributed by atoms with van der Waals surface area (Å²) in [6.45, 7) is 3.73. The van der Waals surface area contributed by atoms with E-state index >= 15 is 0 Å². The van der Waals surface area contributed by atoms with Gasteiger partial charge in [-0.25, -0.2) is 14.4 Å². The SMILES string of the molecule is CN1CCN(c2cc(-c3ccccc3F)nc(-c3ccncc3)n2)CC1. The third kappa shape index (κ3) is 3.41. The molecular formula is C20H20FN5. The number of rotatable bonds is 3. The Morgan fingerprint density at radius 1 is 0.923 bits per heavy atom. The second kappa shape index (κ2) is 7.17. The minimum Gasteiger partial charge on any atom is -0.354 e. The van der Waals surface area contributed by atoms with E-state index in [0.29, 0.717) is 17.1 Å². The zero-order chi connectivity index (χ0) is 17.9. The molecule has 1 aliphatic rings. The van der Waals surface area contributed by atoms with E-state index in [2.05, 4.69) is 26.8 Å². The van der Waals surface area contributed by atoms with E-state index in [1.54, 1.807) is 24.5 Å².